The number of carbonyl (C=O) groups is 2. The first-order valence-electron chi connectivity index (χ1n) is 4.98. The zero-order valence-corrected chi connectivity index (χ0v) is 9.65. The first-order valence-corrected chi connectivity index (χ1v) is 4.98. The minimum Gasteiger partial charge on any atom is -0.481 e. The summed E-state index contributed by atoms with van der Waals surface area (Å²) in [5.74, 6) is -2.94. The number of non-ortho nitro benzene ring substituents is 1. The van der Waals surface area contributed by atoms with Crippen molar-refractivity contribution in [3.63, 3.8) is 0 Å². The fraction of sp³-hybridized carbons (Fsp3) is 0.273. The smallest absolute Gasteiger partial charge is 0.306 e. The summed E-state index contributed by atoms with van der Waals surface area (Å²) in [4.78, 5) is 29.4. The molecular weight excluding hydrogens is 242 g/mol. The molecular formula is C11H13NO6. The van der Waals surface area contributed by atoms with Gasteiger partial charge < -0.3 is 10.2 Å². The van der Waals surface area contributed by atoms with Gasteiger partial charge in [-0.05, 0) is 0 Å². The van der Waals surface area contributed by atoms with Crippen LogP contribution in [0, 0.1) is 16.0 Å². The van der Waals surface area contributed by atoms with E-state index in [1.807, 2.05) is 0 Å². The Kier molecular flexibility index (Phi) is 6.72. The summed E-state index contributed by atoms with van der Waals surface area (Å²) >= 11 is 0. The second-order valence-corrected chi connectivity index (χ2v) is 3.43. The van der Waals surface area contributed by atoms with Crippen molar-refractivity contribution in [1.29, 1.82) is 0 Å². The van der Waals surface area contributed by atoms with E-state index in [2.05, 4.69) is 0 Å². The van der Waals surface area contributed by atoms with Crippen molar-refractivity contribution in [2.24, 2.45) is 5.92 Å². The van der Waals surface area contributed by atoms with Gasteiger partial charge in [-0.1, -0.05) is 25.1 Å². The Bertz CT molecular complexity index is 417. The molecule has 1 unspecified atom stereocenters. The molecule has 1 atom stereocenters. The van der Waals surface area contributed by atoms with Gasteiger partial charge in [-0.15, -0.1) is 0 Å². The van der Waals surface area contributed by atoms with E-state index in [4.69, 9.17) is 10.2 Å². The minimum atomic E-state index is -1.08. The van der Waals surface area contributed by atoms with E-state index in [9.17, 15) is 19.7 Å². The van der Waals surface area contributed by atoms with Gasteiger partial charge in [-0.25, -0.2) is 0 Å². The Morgan fingerprint density at radius 2 is 1.78 bits per heavy atom. The highest BCUT2D eigenvalue weighted by molar-refractivity contribution is 5.77. The van der Waals surface area contributed by atoms with Gasteiger partial charge in [0.15, 0.2) is 0 Å². The van der Waals surface area contributed by atoms with Crippen LogP contribution < -0.4 is 0 Å². The molecule has 0 heterocycles. The van der Waals surface area contributed by atoms with Gasteiger partial charge >= 0.3 is 11.9 Å². The predicted octanol–water partition coefficient (Wildman–Crippen LogP) is 1.78. The average molecular weight is 255 g/mol. The second kappa shape index (κ2) is 7.77. The molecule has 0 aromatic heterocycles. The zero-order valence-electron chi connectivity index (χ0n) is 9.65. The van der Waals surface area contributed by atoms with Crippen LogP contribution in [0.4, 0.5) is 5.69 Å². The lowest BCUT2D eigenvalue weighted by Gasteiger charge is -1.98. The monoisotopic (exact) mass is 255 g/mol. The molecule has 98 valence electrons. The number of aliphatic carboxylic acids is 2. The molecule has 0 fully saturated rings. The van der Waals surface area contributed by atoms with E-state index in [-0.39, 0.29) is 12.1 Å². The normalized spacial score (nSPS) is 10.7. The molecule has 0 saturated heterocycles. The van der Waals surface area contributed by atoms with Crippen molar-refractivity contribution in [2.45, 2.75) is 13.3 Å². The summed E-state index contributed by atoms with van der Waals surface area (Å²) < 4.78 is 0. The number of nitro benzene ring substituents is 1. The molecule has 0 spiro atoms. The molecule has 0 aliphatic carbocycles. The van der Waals surface area contributed by atoms with Gasteiger partial charge in [0.05, 0.1) is 17.3 Å². The van der Waals surface area contributed by atoms with Crippen molar-refractivity contribution >= 4 is 17.6 Å². The lowest BCUT2D eigenvalue weighted by atomic mass is 10.1. The zero-order chi connectivity index (χ0) is 14.1. The average Bonchev–Trinajstić information content (AvgIpc) is 2.30. The van der Waals surface area contributed by atoms with E-state index < -0.39 is 22.8 Å². The van der Waals surface area contributed by atoms with Crippen LogP contribution in [0.5, 0.6) is 0 Å². The number of nitro groups is 1. The highest BCUT2D eigenvalue weighted by Gasteiger charge is 2.13. The minimum absolute atomic E-state index is 0.137. The van der Waals surface area contributed by atoms with Gasteiger partial charge in [0.2, 0.25) is 0 Å². The molecule has 7 nitrogen and oxygen atoms in total. The number of carboxylic acids is 2. The maximum absolute atomic E-state index is 10.0. The van der Waals surface area contributed by atoms with E-state index in [1.165, 1.54) is 19.1 Å². The van der Waals surface area contributed by atoms with Gasteiger partial charge in [-0.2, -0.15) is 0 Å². The molecule has 18 heavy (non-hydrogen) atoms. The van der Waals surface area contributed by atoms with Crippen LogP contribution in [0.1, 0.15) is 13.3 Å². The van der Waals surface area contributed by atoms with Gasteiger partial charge in [-0.3, -0.25) is 19.7 Å². The van der Waals surface area contributed by atoms with E-state index in [1.54, 1.807) is 18.2 Å². The molecule has 1 rings (SSSR count). The van der Waals surface area contributed by atoms with E-state index in [0.717, 1.165) is 0 Å². The molecule has 7 heteroatoms. The fourth-order valence-corrected chi connectivity index (χ4v) is 0.899. The highest BCUT2D eigenvalue weighted by atomic mass is 16.6. The third-order valence-electron chi connectivity index (χ3n) is 1.87. The Morgan fingerprint density at radius 3 is 2.00 bits per heavy atom. The number of benzene rings is 1. The van der Waals surface area contributed by atoms with Crippen LogP contribution in [0.15, 0.2) is 30.3 Å². The Hall–Kier alpha value is -2.44. The Labute approximate surface area is 103 Å². The summed E-state index contributed by atoms with van der Waals surface area (Å²) in [5.41, 5.74) is 0.137. The summed E-state index contributed by atoms with van der Waals surface area (Å²) in [6.07, 6.45) is -0.310. The van der Waals surface area contributed by atoms with Crippen molar-refractivity contribution in [3.05, 3.63) is 40.4 Å². The summed E-state index contributed by atoms with van der Waals surface area (Å²) in [6.45, 7) is 1.36. The van der Waals surface area contributed by atoms with Gasteiger partial charge in [0.25, 0.3) is 5.69 Å². The molecule has 1 aromatic rings. The molecule has 0 saturated carbocycles. The lowest BCUT2D eigenvalue weighted by molar-refractivity contribution is -0.384. The highest BCUT2D eigenvalue weighted by Crippen LogP contribution is 2.06. The molecule has 0 amide bonds. The quantitative estimate of drug-likeness (QED) is 0.625. The maximum Gasteiger partial charge on any atom is 0.306 e. The Balaban J connectivity index is 0.000000321. The fourth-order valence-electron chi connectivity index (χ4n) is 0.899. The van der Waals surface area contributed by atoms with Crippen molar-refractivity contribution < 1.29 is 24.7 Å². The third-order valence-corrected chi connectivity index (χ3v) is 1.87. The van der Waals surface area contributed by atoms with Crippen LogP contribution >= 0.6 is 0 Å². The molecule has 0 radical (unpaired) electrons. The maximum atomic E-state index is 10.0. The number of carboxylic acid groups (broad SMARTS) is 2. The van der Waals surface area contributed by atoms with Crippen LogP contribution in [-0.4, -0.2) is 27.1 Å². The van der Waals surface area contributed by atoms with Crippen LogP contribution in [0.2, 0.25) is 0 Å². The van der Waals surface area contributed by atoms with Crippen molar-refractivity contribution in [1.82, 2.24) is 0 Å². The largest absolute Gasteiger partial charge is 0.481 e. The van der Waals surface area contributed by atoms with Crippen LogP contribution in [-0.2, 0) is 9.59 Å². The summed E-state index contributed by atoms with van der Waals surface area (Å²) in [6, 6.07) is 7.93. The van der Waals surface area contributed by atoms with Crippen molar-refractivity contribution in [2.75, 3.05) is 0 Å². The predicted molar refractivity (Wildman–Crippen MR) is 62.1 cm³/mol. The molecule has 0 aliphatic rings. The van der Waals surface area contributed by atoms with Crippen molar-refractivity contribution in [3.8, 4) is 0 Å². The summed E-state index contributed by atoms with van der Waals surface area (Å²) in [5, 5.41) is 26.2. The van der Waals surface area contributed by atoms with E-state index in [0.29, 0.717) is 0 Å². The topological polar surface area (TPSA) is 118 Å². The first kappa shape index (κ1) is 15.6. The number of nitrogens with zero attached hydrogens (tertiary/aromatic N) is 1. The number of hydrogen-bond acceptors (Lipinski definition) is 4. The molecule has 2 N–H and O–H groups in total. The standard InChI is InChI=1S/C6H5NO2.C5H8O4/c8-7(9)6-4-2-1-3-5-6;1-3(5(8)9)2-4(6)7/h1-5H;3H,2H2,1H3,(H,6,7)(H,8,9). The van der Waals surface area contributed by atoms with Gasteiger partial charge in [0.1, 0.15) is 0 Å². The number of para-hydroxylation sites is 1. The number of hydrogen-bond donors (Lipinski definition) is 2. The SMILES string of the molecule is CC(CC(=O)O)C(=O)O.O=[N+]([O-])c1ccccc1. The van der Waals surface area contributed by atoms with Crippen LogP contribution in [0.3, 0.4) is 0 Å². The van der Waals surface area contributed by atoms with Crippen LogP contribution in [0.25, 0.3) is 0 Å². The second-order valence-electron chi connectivity index (χ2n) is 3.43. The van der Waals surface area contributed by atoms with E-state index >= 15 is 0 Å². The summed E-state index contributed by atoms with van der Waals surface area (Å²) in [7, 11) is 0. The molecule has 1 aromatic carbocycles. The number of rotatable bonds is 4. The van der Waals surface area contributed by atoms with Gasteiger partial charge in [0, 0.05) is 12.1 Å². The third kappa shape index (κ3) is 6.94. The molecule has 0 aliphatic heterocycles. The first-order chi connectivity index (χ1) is 8.34. The molecule has 0 bridgehead atoms. The lowest BCUT2D eigenvalue weighted by Crippen LogP contribution is -2.13. The Morgan fingerprint density at radius 1 is 1.28 bits per heavy atom.